The molecule has 0 atom stereocenters. The number of nitrogens with zero attached hydrogens (tertiary/aromatic N) is 2. The van der Waals surface area contributed by atoms with Gasteiger partial charge in [0.25, 0.3) is 10.0 Å². The van der Waals surface area contributed by atoms with Crippen LogP contribution in [0.5, 0.6) is 0 Å². The smallest absolute Gasteiger partial charge is 0.262 e. The van der Waals surface area contributed by atoms with Gasteiger partial charge in [-0.05, 0) is 43.7 Å². The van der Waals surface area contributed by atoms with Gasteiger partial charge in [0.05, 0.1) is 16.3 Å². The molecule has 0 radical (unpaired) electrons. The van der Waals surface area contributed by atoms with Gasteiger partial charge in [0.1, 0.15) is 0 Å². The van der Waals surface area contributed by atoms with Gasteiger partial charge in [-0.3, -0.25) is 4.72 Å². The van der Waals surface area contributed by atoms with Crippen molar-refractivity contribution in [2.45, 2.75) is 18.7 Å². The van der Waals surface area contributed by atoms with E-state index in [4.69, 9.17) is 11.6 Å². The maximum absolute atomic E-state index is 12.5. The van der Waals surface area contributed by atoms with Crippen LogP contribution in [0.2, 0.25) is 5.02 Å². The van der Waals surface area contributed by atoms with Crippen LogP contribution < -0.4 is 4.72 Å². The Hall–Kier alpha value is -2.05. The van der Waals surface area contributed by atoms with Gasteiger partial charge in [0, 0.05) is 17.4 Å². The largest absolute Gasteiger partial charge is 0.305 e. The van der Waals surface area contributed by atoms with E-state index in [1.807, 2.05) is 26.2 Å². The Morgan fingerprint density at radius 2 is 2.00 bits per heavy atom. The van der Waals surface area contributed by atoms with Crippen molar-refractivity contribution >= 4 is 33.0 Å². The van der Waals surface area contributed by atoms with Gasteiger partial charge in [0.2, 0.25) is 0 Å². The van der Waals surface area contributed by atoms with E-state index in [-0.39, 0.29) is 4.90 Å². The maximum Gasteiger partial charge on any atom is 0.262 e. The zero-order valence-corrected chi connectivity index (χ0v) is 13.6. The average molecular weight is 336 g/mol. The third-order valence-electron chi connectivity index (χ3n) is 3.30. The molecule has 2 aromatic heterocycles. The molecule has 114 valence electrons. The predicted molar refractivity (Wildman–Crippen MR) is 86.9 cm³/mol. The SMILES string of the molecule is Cc1cn2cccc(NS(=O)(=O)c3ccc(C)c(Cl)c3)c2n1. The minimum absolute atomic E-state index is 0.119. The number of fused-ring (bicyclic) bond motifs is 1. The van der Waals surface area contributed by atoms with Crippen LogP contribution in [0.4, 0.5) is 5.69 Å². The molecule has 7 heteroatoms. The number of imidazole rings is 1. The molecule has 0 spiro atoms. The Balaban J connectivity index is 2.04. The molecular weight excluding hydrogens is 322 g/mol. The third kappa shape index (κ3) is 2.67. The topological polar surface area (TPSA) is 63.5 Å². The summed E-state index contributed by atoms with van der Waals surface area (Å²) in [5.74, 6) is 0. The van der Waals surface area contributed by atoms with E-state index in [0.717, 1.165) is 11.3 Å². The number of pyridine rings is 1. The van der Waals surface area contributed by atoms with Crippen molar-refractivity contribution < 1.29 is 8.42 Å². The number of sulfonamides is 1. The lowest BCUT2D eigenvalue weighted by atomic mass is 10.2. The molecule has 0 amide bonds. The first-order valence-corrected chi connectivity index (χ1v) is 8.46. The summed E-state index contributed by atoms with van der Waals surface area (Å²) >= 11 is 6.01. The number of anilines is 1. The molecule has 0 aliphatic carbocycles. The maximum atomic E-state index is 12.5. The standard InChI is InChI=1S/C15H14ClN3O2S/c1-10-5-6-12(8-13(10)16)22(20,21)18-14-4-3-7-19-9-11(2)17-15(14)19/h3-9,18H,1-2H3. The highest BCUT2D eigenvalue weighted by molar-refractivity contribution is 7.92. The fraction of sp³-hybridized carbons (Fsp3) is 0.133. The normalized spacial score (nSPS) is 11.8. The highest BCUT2D eigenvalue weighted by atomic mass is 35.5. The van der Waals surface area contributed by atoms with E-state index in [9.17, 15) is 8.42 Å². The number of nitrogens with one attached hydrogen (secondary N) is 1. The summed E-state index contributed by atoms with van der Waals surface area (Å²) in [7, 11) is -3.72. The van der Waals surface area contributed by atoms with Crippen LogP contribution in [-0.4, -0.2) is 17.8 Å². The summed E-state index contributed by atoms with van der Waals surface area (Å²) in [5, 5.41) is 0.415. The number of benzene rings is 1. The lowest BCUT2D eigenvalue weighted by Crippen LogP contribution is -2.13. The Labute approximate surface area is 133 Å². The molecular formula is C15H14ClN3O2S. The van der Waals surface area contributed by atoms with Gasteiger partial charge >= 0.3 is 0 Å². The van der Waals surface area contributed by atoms with Crippen LogP contribution in [0.1, 0.15) is 11.3 Å². The summed E-state index contributed by atoms with van der Waals surface area (Å²) in [6.07, 6.45) is 3.64. The van der Waals surface area contributed by atoms with E-state index in [2.05, 4.69) is 9.71 Å². The molecule has 5 nitrogen and oxygen atoms in total. The van der Waals surface area contributed by atoms with Gasteiger partial charge in [0.15, 0.2) is 5.65 Å². The minimum Gasteiger partial charge on any atom is -0.305 e. The Morgan fingerprint density at radius 3 is 2.73 bits per heavy atom. The average Bonchev–Trinajstić information content (AvgIpc) is 2.83. The Kier molecular flexibility index (Phi) is 3.58. The molecule has 0 aliphatic rings. The first-order chi connectivity index (χ1) is 10.4. The van der Waals surface area contributed by atoms with Crippen molar-refractivity contribution in [2.24, 2.45) is 0 Å². The number of rotatable bonds is 3. The number of halogens is 1. The Morgan fingerprint density at radius 1 is 1.23 bits per heavy atom. The molecule has 1 N–H and O–H groups in total. The van der Waals surface area contributed by atoms with Crippen LogP contribution >= 0.6 is 11.6 Å². The van der Waals surface area contributed by atoms with Crippen molar-refractivity contribution in [1.29, 1.82) is 0 Å². The second-order valence-corrected chi connectivity index (χ2v) is 7.14. The van der Waals surface area contributed by atoms with E-state index in [1.165, 1.54) is 12.1 Å². The van der Waals surface area contributed by atoms with Crippen LogP contribution in [0, 0.1) is 13.8 Å². The van der Waals surface area contributed by atoms with Crippen LogP contribution in [0.3, 0.4) is 0 Å². The van der Waals surface area contributed by atoms with Crippen molar-refractivity contribution in [3.63, 3.8) is 0 Å². The molecule has 3 aromatic rings. The van der Waals surface area contributed by atoms with Crippen LogP contribution in [0.15, 0.2) is 47.6 Å². The zero-order chi connectivity index (χ0) is 15.9. The lowest BCUT2D eigenvalue weighted by molar-refractivity contribution is 0.601. The molecule has 0 bridgehead atoms. The van der Waals surface area contributed by atoms with Crippen molar-refractivity contribution in [1.82, 2.24) is 9.38 Å². The number of aromatic nitrogens is 2. The Bertz CT molecular complexity index is 964. The quantitative estimate of drug-likeness (QED) is 0.797. The van der Waals surface area contributed by atoms with Crippen molar-refractivity contribution in [2.75, 3.05) is 4.72 Å². The second kappa shape index (κ2) is 5.30. The first-order valence-electron chi connectivity index (χ1n) is 6.60. The summed E-state index contributed by atoms with van der Waals surface area (Å²) in [6.45, 7) is 3.67. The molecule has 2 heterocycles. The first kappa shape index (κ1) is 14.9. The monoisotopic (exact) mass is 335 g/mol. The molecule has 0 saturated heterocycles. The highest BCUT2D eigenvalue weighted by Crippen LogP contribution is 2.24. The summed E-state index contributed by atoms with van der Waals surface area (Å²) < 4.78 is 29.4. The van der Waals surface area contributed by atoms with E-state index >= 15 is 0 Å². The van der Waals surface area contributed by atoms with Gasteiger partial charge < -0.3 is 4.40 Å². The molecule has 0 unspecified atom stereocenters. The van der Waals surface area contributed by atoms with Crippen molar-refractivity contribution in [3.05, 3.63) is 59.0 Å². The third-order valence-corrected chi connectivity index (χ3v) is 5.07. The molecule has 0 aliphatic heterocycles. The van der Waals surface area contributed by atoms with Gasteiger partial charge in [-0.2, -0.15) is 0 Å². The van der Waals surface area contributed by atoms with Crippen LogP contribution in [-0.2, 0) is 10.0 Å². The fourth-order valence-corrected chi connectivity index (χ4v) is 3.49. The minimum atomic E-state index is -3.72. The number of aryl methyl sites for hydroxylation is 2. The fourth-order valence-electron chi connectivity index (χ4n) is 2.16. The molecule has 22 heavy (non-hydrogen) atoms. The van der Waals surface area contributed by atoms with Crippen LogP contribution in [0.25, 0.3) is 5.65 Å². The van der Waals surface area contributed by atoms with Gasteiger partial charge in [-0.1, -0.05) is 17.7 Å². The van der Waals surface area contributed by atoms with Gasteiger partial charge in [-0.15, -0.1) is 0 Å². The second-order valence-electron chi connectivity index (χ2n) is 5.05. The number of hydrogen-bond acceptors (Lipinski definition) is 3. The molecule has 0 fully saturated rings. The summed E-state index contributed by atoms with van der Waals surface area (Å²) in [5.41, 5.74) is 2.62. The highest BCUT2D eigenvalue weighted by Gasteiger charge is 2.17. The van der Waals surface area contributed by atoms with E-state index in [0.29, 0.717) is 16.4 Å². The number of hydrogen-bond donors (Lipinski definition) is 1. The molecule has 0 saturated carbocycles. The van der Waals surface area contributed by atoms with Crippen molar-refractivity contribution in [3.8, 4) is 0 Å². The van der Waals surface area contributed by atoms with E-state index < -0.39 is 10.0 Å². The van der Waals surface area contributed by atoms with Gasteiger partial charge in [-0.25, -0.2) is 13.4 Å². The molecule has 3 rings (SSSR count). The predicted octanol–water partition coefficient (Wildman–Crippen LogP) is 3.41. The van der Waals surface area contributed by atoms with E-state index in [1.54, 1.807) is 22.6 Å². The summed E-state index contributed by atoms with van der Waals surface area (Å²) in [6, 6.07) is 8.08. The lowest BCUT2D eigenvalue weighted by Gasteiger charge is -2.10. The molecule has 1 aromatic carbocycles. The zero-order valence-electron chi connectivity index (χ0n) is 12.0. The summed E-state index contributed by atoms with van der Waals surface area (Å²) in [4.78, 5) is 4.45.